The molecular weight excluding hydrogens is 370 g/mol. The van der Waals surface area contributed by atoms with Crippen LogP contribution in [-0.2, 0) is 11.3 Å². The lowest BCUT2D eigenvalue weighted by atomic mass is 10.2. The Kier molecular flexibility index (Phi) is 10.1. The van der Waals surface area contributed by atoms with Crippen LogP contribution in [0.3, 0.4) is 0 Å². The highest BCUT2D eigenvalue weighted by atomic mass is 16.5. The molecule has 0 bridgehead atoms. The summed E-state index contributed by atoms with van der Waals surface area (Å²) in [5.74, 6) is 0.662. The monoisotopic (exact) mass is 407 g/mol. The van der Waals surface area contributed by atoms with E-state index < -0.39 is 0 Å². The number of aromatic amines is 1. The third-order valence-electron chi connectivity index (χ3n) is 5.35. The maximum Gasteiger partial charge on any atom is 0.327 e. The number of nitrogens with zero attached hydrogens (tertiary/aromatic N) is 5. The smallest absolute Gasteiger partial charge is 0.327 e. The van der Waals surface area contributed by atoms with Crippen molar-refractivity contribution < 1.29 is 4.74 Å². The third kappa shape index (κ3) is 7.09. The maximum absolute atomic E-state index is 12.4. The fourth-order valence-corrected chi connectivity index (χ4v) is 3.45. The minimum Gasteiger partial charge on any atom is -0.382 e. The molecule has 0 aromatic carbocycles. The van der Waals surface area contributed by atoms with Crippen molar-refractivity contribution in [1.29, 1.82) is 0 Å². The van der Waals surface area contributed by atoms with Crippen LogP contribution in [0.25, 0.3) is 0 Å². The lowest BCUT2D eigenvalue weighted by Crippen LogP contribution is -2.46. The van der Waals surface area contributed by atoms with Crippen molar-refractivity contribution in [3.63, 3.8) is 0 Å². The van der Waals surface area contributed by atoms with Gasteiger partial charge in [0.1, 0.15) is 18.3 Å². The number of H-pyrrole nitrogens is 1. The number of hydrogen-bond acceptors (Lipinski definition) is 6. The molecule has 2 rings (SSSR count). The van der Waals surface area contributed by atoms with Crippen molar-refractivity contribution in [1.82, 2.24) is 19.4 Å². The number of unbranched alkanes of at least 4 members (excludes halogenated alkanes) is 2. The van der Waals surface area contributed by atoms with Gasteiger partial charge >= 0.3 is 5.69 Å². The Morgan fingerprint density at radius 1 is 1.14 bits per heavy atom. The fraction of sp³-hybridized carbons (Fsp3) is 0.750. The first-order valence-corrected chi connectivity index (χ1v) is 10.7. The maximum atomic E-state index is 12.4. The summed E-state index contributed by atoms with van der Waals surface area (Å²) in [5.41, 5.74) is 6.22. The van der Waals surface area contributed by atoms with Crippen molar-refractivity contribution in [3.8, 4) is 0 Å². The number of hydrogen-bond donors (Lipinski definition) is 2. The van der Waals surface area contributed by atoms with Crippen LogP contribution in [-0.4, -0.2) is 84.5 Å². The van der Waals surface area contributed by atoms with Gasteiger partial charge in [0.25, 0.3) is 0 Å². The second kappa shape index (κ2) is 12.6. The number of rotatable bonds is 13. The summed E-state index contributed by atoms with van der Waals surface area (Å²) in [6, 6.07) is 0. The third-order valence-corrected chi connectivity index (χ3v) is 5.35. The van der Waals surface area contributed by atoms with Crippen molar-refractivity contribution in [2.45, 2.75) is 46.1 Å². The summed E-state index contributed by atoms with van der Waals surface area (Å²) < 4.78 is 7.00. The van der Waals surface area contributed by atoms with E-state index in [-0.39, 0.29) is 18.3 Å². The summed E-state index contributed by atoms with van der Waals surface area (Å²) in [7, 11) is 0. The minimum atomic E-state index is -0.232. The molecule has 0 aliphatic carbocycles. The normalized spacial score (nSPS) is 16.4. The van der Waals surface area contributed by atoms with E-state index in [1.54, 1.807) is 4.57 Å². The number of ether oxygens (including phenoxy) is 1. The molecule has 0 saturated carbocycles. The fourth-order valence-electron chi connectivity index (χ4n) is 3.45. The second-order valence-electron chi connectivity index (χ2n) is 7.36. The molecule has 1 aromatic heterocycles. The first-order chi connectivity index (χ1) is 14.1. The first kappa shape index (κ1) is 23.3. The zero-order valence-electron chi connectivity index (χ0n) is 18.0. The number of amidine groups is 1. The van der Waals surface area contributed by atoms with Gasteiger partial charge in [-0.1, -0.05) is 20.3 Å². The average molecular weight is 408 g/mol. The summed E-state index contributed by atoms with van der Waals surface area (Å²) in [4.78, 5) is 28.3. The van der Waals surface area contributed by atoms with E-state index in [4.69, 9.17) is 10.5 Å². The molecule has 0 spiro atoms. The highest BCUT2D eigenvalue weighted by Gasteiger charge is 2.17. The van der Waals surface area contributed by atoms with Crippen LogP contribution >= 0.6 is 0 Å². The van der Waals surface area contributed by atoms with E-state index in [0.29, 0.717) is 24.7 Å². The molecule has 0 atom stereocenters. The number of nitrogens with one attached hydrogen (secondary N) is 1. The van der Waals surface area contributed by atoms with Gasteiger partial charge in [-0.05, 0) is 39.1 Å². The lowest BCUT2D eigenvalue weighted by Gasteiger charge is -2.33. The summed E-state index contributed by atoms with van der Waals surface area (Å²) in [6.45, 7) is 16.0. The quantitative estimate of drug-likeness (QED) is 0.292. The molecule has 0 unspecified atom stereocenters. The zero-order valence-corrected chi connectivity index (χ0v) is 18.0. The van der Waals surface area contributed by atoms with Gasteiger partial charge in [-0.25, -0.2) is 14.8 Å². The van der Waals surface area contributed by atoms with Crippen LogP contribution in [0, 0.1) is 0 Å². The molecular formula is C20H37N7O2. The van der Waals surface area contributed by atoms with Crippen LogP contribution in [0.1, 0.15) is 45.2 Å². The molecule has 1 aliphatic heterocycles. The Hall–Kier alpha value is -1.97. The van der Waals surface area contributed by atoms with Gasteiger partial charge < -0.3 is 25.3 Å². The number of imidazole rings is 1. The number of nitrogens with two attached hydrogens (primary N) is 1. The SMILES string of the molecule is C=Nc1c(/C(N)=N\COCCCC)[nH]c(=O)n1CCCCN1CCN(CC)CC1. The molecule has 0 radical (unpaired) electrons. The van der Waals surface area contributed by atoms with Gasteiger partial charge in [-0.15, -0.1) is 0 Å². The molecule has 1 aromatic rings. The second-order valence-corrected chi connectivity index (χ2v) is 7.36. The van der Waals surface area contributed by atoms with Crippen LogP contribution < -0.4 is 11.4 Å². The van der Waals surface area contributed by atoms with Gasteiger partial charge in [-0.2, -0.15) is 0 Å². The predicted molar refractivity (Wildman–Crippen MR) is 119 cm³/mol. The molecule has 0 amide bonds. The Balaban J connectivity index is 1.85. The molecule has 1 saturated heterocycles. The Labute approximate surface area is 173 Å². The number of aliphatic imine (C=N–C) groups is 2. The molecule has 1 aliphatic rings. The van der Waals surface area contributed by atoms with Crippen molar-refractivity contribution in [3.05, 3.63) is 16.2 Å². The van der Waals surface area contributed by atoms with Crippen LogP contribution in [0.5, 0.6) is 0 Å². The first-order valence-electron chi connectivity index (χ1n) is 10.7. The van der Waals surface area contributed by atoms with Crippen molar-refractivity contribution in [2.75, 3.05) is 52.6 Å². The molecule has 29 heavy (non-hydrogen) atoms. The largest absolute Gasteiger partial charge is 0.382 e. The van der Waals surface area contributed by atoms with E-state index in [1.165, 1.54) is 0 Å². The van der Waals surface area contributed by atoms with E-state index >= 15 is 0 Å². The predicted octanol–water partition coefficient (Wildman–Crippen LogP) is 1.41. The van der Waals surface area contributed by atoms with Crippen molar-refractivity contribution in [2.24, 2.45) is 15.7 Å². The number of likely N-dealkylation sites (N-methyl/N-ethyl adjacent to an activating group) is 1. The number of aromatic nitrogens is 2. The van der Waals surface area contributed by atoms with Gasteiger partial charge in [0.2, 0.25) is 0 Å². The molecule has 3 N–H and O–H groups in total. The van der Waals surface area contributed by atoms with Crippen LogP contribution in [0.15, 0.2) is 14.8 Å². The summed E-state index contributed by atoms with van der Waals surface area (Å²) in [5, 5.41) is 0. The topological polar surface area (TPSA) is 104 Å². The van der Waals surface area contributed by atoms with Gasteiger partial charge in [-0.3, -0.25) is 4.57 Å². The van der Waals surface area contributed by atoms with Gasteiger partial charge in [0.15, 0.2) is 5.82 Å². The molecule has 1 fully saturated rings. The highest BCUT2D eigenvalue weighted by molar-refractivity contribution is 5.99. The lowest BCUT2D eigenvalue weighted by molar-refractivity contribution is 0.135. The van der Waals surface area contributed by atoms with E-state index in [0.717, 1.165) is 65.0 Å². The van der Waals surface area contributed by atoms with Gasteiger partial charge in [0.05, 0.1) is 0 Å². The standard InChI is InChI=1S/C20H37N7O2/c1-4-6-15-29-16-23-18(21)17-19(22-3)27(20(28)24-17)10-8-7-9-26-13-11-25(5-2)12-14-26/h3-16H2,1-2H3,(H2,21,23)(H,24,28). The summed E-state index contributed by atoms with van der Waals surface area (Å²) >= 11 is 0. The zero-order chi connectivity index (χ0) is 21.1. The van der Waals surface area contributed by atoms with Crippen LogP contribution in [0.4, 0.5) is 5.82 Å². The van der Waals surface area contributed by atoms with Crippen LogP contribution in [0.2, 0.25) is 0 Å². The van der Waals surface area contributed by atoms with Gasteiger partial charge in [0, 0.05) is 39.3 Å². The van der Waals surface area contributed by atoms with E-state index in [2.05, 4.69) is 45.3 Å². The molecule has 9 nitrogen and oxygen atoms in total. The molecule has 2 heterocycles. The highest BCUT2D eigenvalue weighted by Crippen LogP contribution is 2.16. The van der Waals surface area contributed by atoms with E-state index in [9.17, 15) is 4.79 Å². The Morgan fingerprint density at radius 3 is 2.48 bits per heavy atom. The molecule has 9 heteroatoms. The Morgan fingerprint density at radius 2 is 1.83 bits per heavy atom. The molecule has 164 valence electrons. The number of piperazine rings is 1. The average Bonchev–Trinajstić information content (AvgIpc) is 3.06. The van der Waals surface area contributed by atoms with E-state index in [1.807, 2.05) is 0 Å². The summed E-state index contributed by atoms with van der Waals surface area (Å²) in [6.07, 6.45) is 3.97. The van der Waals surface area contributed by atoms with Crippen molar-refractivity contribution >= 4 is 18.4 Å². The Bertz CT molecular complexity index is 702. The minimum absolute atomic E-state index is 0.168.